The molecule has 0 saturated heterocycles. The number of hydrogen-bond donors (Lipinski definition) is 0. The third kappa shape index (κ3) is 2.05. The first-order valence-electron chi connectivity index (χ1n) is 6.56. The number of carbonyl (C=O) groups excluding carboxylic acids is 1. The minimum absolute atomic E-state index is 0.0810. The molecule has 1 heterocycles. The van der Waals surface area contributed by atoms with Gasteiger partial charge in [0, 0.05) is 29.9 Å². The number of fused-ring (bicyclic) bond motifs is 1. The molecule has 1 aliphatic rings. The first-order valence-corrected chi connectivity index (χ1v) is 6.56. The number of Topliss-reactive ketones (excluding diaryl/α,β-unsaturated/α-hetero) is 1. The minimum Gasteiger partial charge on any atom is -0.317 e. The fourth-order valence-corrected chi connectivity index (χ4v) is 2.85. The summed E-state index contributed by atoms with van der Waals surface area (Å²) < 4.78 is 28.6. The second-order valence-corrected chi connectivity index (χ2v) is 6.08. The third-order valence-electron chi connectivity index (χ3n) is 3.75. The predicted octanol–water partition coefficient (Wildman–Crippen LogP) is 3.91. The van der Waals surface area contributed by atoms with Gasteiger partial charge in [0.2, 0.25) is 0 Å². The molecule has 0 fully saturated rings. The molecular formula is C16H15F2NO. The molecule has 0 atom stereocenters. The zero-order chi connectivity index (χ0) is 14.5. The summed E-state index contributed by atoms with van der Waals surface area (Å²) in [5.41, 5.74) is 1.58. The van der Waals surface area contributed by atoms with Crippen LogP contribution in [-0.2, 0) is 6.42 Å². The molecule has 1 aromatic heterocycles. The van der Waals surface area contributed by atoms with Crippen molar-refractivity contribution >= 4 is 5.78 Å². The van der Waals surface area contributed by atoms with Crippen LogP contribution in [0.25, 0.3) is 5.69 Å². The quantitative estimate of drug-likeness (QED) is 0.773. The average Bonchev–Trinajstić information content (AvgIpc) is 2.71. The molecule has 0 aliphatic heterocycles. The van der Waals surface area contributed by atoms with Gasteiger partial charge in [-0.2, -0.15) is 0 Å². The number of nitrogens with zero attached hydrogens (tertiary/aromatic N) is 1. The predicted molar refractivity (Wildman–Crippen MR) is 72.1 cm³/mol. The maximum absolute atomic E-state index is 13.9. The first kappa shape index (κ1) is 13.0. The summed E-state index contributed by atoms with van der Waals surface area (Å²) in [5, 5.41) is 0. The lowest BCUT2D eigenvalue weighted by Gasteiger charge is -2.29. The van der Waals surface area contributed by atoms with Gasteiger partial charge in [-0.3, -0.25) is 4.79 Å². The van der Waals surface area contributed by atoms with Crippen LogP contribution in [0.4, 0.5) is 8.78 Å². The summed E-state index contributed by atoms with van der Waals surface area (Å²) in [7, 11) is 0. The Bertz CT molecular complexity index is 700. The van der Waals surface area contributed by atoms with Crippen molar-refractivity contribution in [3.63, 3.8) is 0 Å². The highest BCUT2D eigenvalue weighted by molar-refractivity contribution is 5.99. The normalized spacial score (nSPS) is 17.1. The Morgan fingerprint density at radius 3 is 2.60 bits per heavy atom. The van der Waals surface area contributed by atoms with Crippen molar-refractivity contribution in [3.05, 3.63) is 53.4 Å². The van der Waals surface area contributed by atoms with Crippen molar-refractivity contribution in [3.8, 4) is 5.69 Å². The number of rotatable bonds is 1. The summed E-state index contributed by atoms with van der Waals surface area (Å²) >= 11 is 0. The van der Waals surface area contributed by atoms with Crippen LogP contribution in [0.3, 0.4) is 0 Å². The van der Waals surface area contributed by atoms with Crippen molar-refractivity contribution in [2.75, 3.05) is 0 Å². The molecule has 0 bridgehead atoms. The Morgan fingerprint density at radius 2 is 1.90 bits per heavy atom. The molecular weight excluding hydrogens is 260 g/mol. The summed E-state index contributed by atoms with van der Waals surface area (Å²) in [6.45, 7) is 4.04. The summed E-state index contributed by atoms with van der Waals surface area (Å²) in [6.07, 6.45) is 2.87. The lowest BCUT2D eigenvalue weighted by atomic mass is 9.76. The fourth-order valence-electron chi connectivity index (χ4n) is 2.85. The van der Waals surface area contributed by atoms with Crippen molar-refractivity contribution in [2.24, 2.45) is 5.41 Å². The van der Waals surface area contributed by atoms with Gasteiger partial charge >= 0.3 is 0 Å². The highest BCUT2D eigenvalue weighted by Gasteiger charge is 2.33. The minimum atomic E-state index is -0.626. The van der Waals surface area contributed by atoms with Gasteiger partial charge in [-0.25, -0.2) is 8.78 Å². The van der Waals surface area contributed by atoms with Crippen molar-refractivity contribution in [1.82, 2.24) is 4.57 Å². The van der Waals surface area contributed by atoms with E-state index in [-0.39, 0.29) is 16.9 Å². The van der Waals surface area contributed by atoms with Crippen LogP contribution < -0.4 is 0 Å². The molecule has 1 aromatic carbocycles. The van der Waals surface area contributed by atoms with E-state index in [1.54, 1.807) is 16.8 Å². The number of ketones is 1. The van der Waals surface area contributed by atoms with Crippen LogP contribution in [-0.4, -0.2) is 10.4 Å². The molecule has 0 unspecified atom stereocenters. The van der Waals surface area contributed by atoms with E-state index >= 15 is 0 Å². The first-order chi connectivity index (χ1) is 9.37. The van der Waals surface area contributed by atoms with Crippen molar-refractivity contribution < 1.29 is 13.6 Å². The second-order valence-electron chi connectivity index (χ2n) is 6.08. The molecule has 4 heteroatoms. The fraction of sp³-hybridized carbons (Fsp3) is 0.312. The maximum Gasteiger partial charge on any atom is 0.165 e. The van der Waals surface area contributed by atoms with Crippen molar-refractivity contribution in [2.45, 2.75) is 26.7 Å². The van der Waals surface area contributed by atoms with E-state index in [4.69, 9.17) is 0 Å². The Morgan fingerprint density at radius 1 is 1.15 bits per heavy atom. The molecule has 1 aliphatic carbocycles. The third-order valence-corrected chi connectivity index (χ3v) is 3.75. The van der Waals surface area contributed by atoms with Crippen LogP contribution in [0, 0.1) is 17.0 Å². The molecule has 2 nitrogen and oxygen atoms in total. The lowest BCUT2D eigenvalue weighted by molar-refractivity contribution is 0.0911. The summed E-state index contributed by atoms with van der Waals surface area (Å²) in [4.78, 5) is 12.1. The van der Waals surface area contributed by atoms with Gasteiger partial charge in [0.25, 0.3) is 0 Å². The van der Waals surface area contributed by atoms with Gasteiger partial charge in [0.1, 0.15) is 11.6 Å². The Hall–Kier alpha value is -1.97. The van der Waals surface area contributed by atoms with Gasteiger partial charge in [-0.05, 0) is 30.0 Å². The van der Waals surface area contributed by atoms with Crippen LogP contribution in [0.15, 0.2) is 30.5 Å². The van der Waals surface area contributed by atoms with Crippen molar-refractivity contribution in [1.29, 1.82) is 0 Å². The molecule has 0 saturated carbocycles. The molecule has 0 radical (unpaired) electrons. The SMILES string of the molecule is CC1(C)CC(=O)c2ccn(-c3ccc(F)cc3F)c2C1. The van der Waals surface area contributed by atoms with Gasteiger partial charge in [-0.1, -0.05) is 13.8 Å². The van der Waals surface area contributed by atoms with Gasteiger partial charge in [0.05, 0.1) is 5.69 Å². The maximum atomic E-state index is 13.9. The van der Waals surface area contributed by atoms with E-state index in [9.17, 15) is 13.6 Å². The van der Waals surface area contributed by atoms with E-state index in [1.165, 1.54) is 12.1 Å². The number of hydrogen-bond acceptors (Lipinski definition) is 1. The zero-order valence-electron chi connectivity index (χ0n) is 11.4. The van der Waals surface area contributed by atoms with Crippen LogP contribution >= 0.6 is 0 Å². The Kier molecular flexibility index (Phi) is 2.78. The second kappa shape index (κ2) is 4.27. The van der Waals surface area contributed by atoms with E-state index in [2.05, 4.69) is 0 Å². The number of benzene rings is 1. The molecule has 0 amide bonds. The topological polar surface area (TPSA) is 22.0 Å². The zero-order valence-corrected chi connectivity index (χ0v) is 11.4. The molecule has 20 heavy (non-hydrogen) atoms. The van der Waals surface area contributed by atoms with E-state index in [1.807, 2.05) is 13.8 Å². The summed E-state index contributed by atoms with van der Waals surface area (Å²) in [6, 6.07) is 5.20. The molecule has 0 spiro atoms. The van der Waals surface area contributed by atoms with Gasteiger partial charge in [-0.15, -0.1) is 0 Å². The molecule has 0 N–H and O–H groups in total. The van der Waals surface area contributed by atoms with Crippen LogP contribution in [0.5, 0.6) is 0 Å². The van der Waals surface area contributed by atoms with Crippen LogP contribution in [0.2, 0.25) is 0 Å². The van der Waals surface area contributed by atoms with Gasteiger partial charge in [0.15, 0.2) is 5.78 Å². The van der Waals surface area contributed by atoms with Crippen LogP contribution in [0.1, 0.15) is 36.3 Å². The highest BCUT2D eigenvalue weighted by Crippen LogP contribution is 2.36. The Labute approximate surface area is 116 Å². The Balaban J connectivity index is 2.16. The molecule has 2 aromatic rings. The monoisotopic (exact) mass is 275 g/mol. The summed E-state index contributed by atoms with van der Waals surface area (Å²) in [5.74, 6) is -1.15. The standard InChI is InChI=1S/C16H15F2NO/c1-16(2)8-14-11(15(20)9-16)5-6-19(14)13-4-3-10(17)7-12(13)18/h3-7H,8-9H2,1-2H3. The molecule has 3 rings (SSSR count). The largest absolute Gasteiger partial charge is 0.317 e. The highest BCUT2D eigenvalue weighted by atomic mass is 19.1. The number of carbonyl (C=O) groups is 1. The smallest absolute Gasteiger partial charge is 0.165 e. The lowest BCUT2D eigenvalue weighted by Crippen LogP contribution is -2.27. The van der Waals surface area contributed by atoms with E-state index in [0.29, 0.717) is 18.4 Å². The number of aromatic nitrogens is 1. The van der Waals surface area contributed by atoms with E-state index in [0.717, 1.165) is 11.8 Å². The average molecular weight is 275 g/mol. The number of halogens is 2. The van der Waals surface area contributed by atoms with Gasteiger partial charge < -0.3 is 4.57 Å². The van der Waals surface area contributed by atoms with E-state index < -0.39 is 11.6 Å². The molecule has 104 valence electrons.